The van der Waals surface area contributed by atoms with Gasteiger partial charge >= 0.3 is 0 Å². The number of nitrogens with one attached hydrogen (secondary N) is 1. The van der Waals surface area contributed by atoms with Gasteiger partial charge in [0.15, 0.2) is 0 Å². The monoisotopic (exact) mass is 398 g/mol. The van der Waals surface area contributed by atoms with Gasteiger partial charge in [-0.3, -0.25) is 14.3 Å². The van der Waals surface area contributed by atoms with Gasteiger partial charge in [-0.2, -0.15) is 5.10 Å². The lowest BCUT2D eigenvalue weighted by atomic mass is 9.90. The van der Waals surface area contributed by atoms with E-state index < -0.39 is 5.60 Å². The molecular weight excluding hydrogens is 372 g/mol. The second-order valence-corrected chi connectivity index (χ2v) is 7.68. The van der Waals surface area contributed by atoms with Gasteiger partial charge in [0, 0.05) is 51.2 Å². The maximum Gasteiger partial charge on any atom is 0.255 e. The Morgan fingerprint density at radius 1 is 1.31 bits per heavy atom. The van der Waals surface area contributed by atoms with Crippen molar-refractivity contribution >= 4 is 11.8 Å². The van der Waals surface area contributed by atoms with Crippen LogP contribution in [0.3, 0.4) is 0 Å². The number of aryl methyl sites for hydroxylation is 2. The summed E-state index contributed by atoms with van der Waals surface area (Å²) >= 11 is 0. The lowest BCUT2D eigenvalue weighted by molar-refractivity contribution is -0.134. The fourth-order valence-electron chi connectivity index (χ4n) is 3.91. The number of carbonyl (C=O) groups excluding carboxylic acids is 2. The van der Waals surface area contributed by atoms with Crippen LogP contribution in [0.1, 0.15) is 35.3 Å². The van der Waals surface area contributed by atoms with E-state index in [1.165, 1.54) is 0 Å². The first-order chi connectivity index (χ1) is 14.0. The van der Waals surface area contributed by atoms with Crippen molar-refractivity contribution < 1.29 is 19.1 Å². The van der Waals surface area contributed by atoms with Crippen molar-refractivity contribution in [3.8, 4) is 11.5 Å². The van der Waals surface area contributed by atoms with Gasteiger partial charge in [0.05, 0.1) is 24.9 Å². The molecule has 8 heteroatoms. The molecule has 3 heterocycles. The lowest BCUT2D eigenvalue weighted by Gasteiger charge is -2.41. The number of nitrogens with zero attached hydrogens (tertiary/aromatic N) is 3. The molecule has 154 valence electrons. The third-order valence-corrected chi connectivity index (χ3v) is 5.69. The van der Waals surface area contributed by atoms with E-state index in [-0.39, 0.29) is 11.8 Å². The van der Waals surface area contributed by atoms with Gasteiger partial charge in [-0.1, -0.05) is 0 Å². The number of aromatic nitrogens is 2. The quantitative estimate of drug-likeness (QED) is 0.848. The number of rotatable bonds is 4. The molecule has 0 atom stereocenters. The molecule has 4 rings (SSSR count). The lowest BCUT2D eigenvalue weighted by Crippen LogP contribution is -2.54. The van der Waals surface area contributed by atoms with Crippen molar-refractivity contribution in [2.75, 3.05) is 26.7 Å². The second kappa shape index (κ2) is 7.77. The predicted molar refractivity (Wildman–Crippen MR) is 106 cm³/mol. The SMILES string of the molecule is COc1ccc2c(c1)OC1(CCN(C(=O)CCn3ccc(C)n3)CC1)CNC2=O. The molecule has 2 amide bonds. The van der Waals surface area contributed by atoms with Crippen molar-refractivity contribution in [1.29, 1.82) is 0 Å². The van der Waals surface area contributed by atoms with Crippen LogP contribution in [0.15, 0.2) is 30.5 Å². The first-order valence-corrected chi connectivity index (χ1v) is 9.91. The number of ether oxygens (including phenoxy) is 2. The second-order valence-electron chi connectivity index (χ2n) is 7.68. The Morgan fingerprint density at radius 3 is 2.79 bits per heavy atom. The first kappa shape index (κ1) is 19.3. The van der Waals surface area contributed by atoms with E-state index in [2.05, 4.69) is 10.4 Å². The molecular formula is C21H26N4O4. The molecule has 1 aromatic heterocycles. The van der Waals surface area contributed by atoms with E-state index in [1.807, 2.05) is 24.1 Å². The van der Waals surface area contributed by atoms with E-state index in [9.17, 15) is 9.59 Å². The van der Waals surface area contributed by atoms with E-state index in [0.717, 1.165) is 5.69 Å². The predicted octanol–water partition coefficient (Wildman–Crippen LogP) is 1.77. The van der Waals surface area contributed by atoms with E-state index in [4.69, 9.17) is 9.47 Å². The highest BCUT2D eigenvalue weighted by molar-refractivity contribution is 5.97. The number of amides is 2. The van der Waals surface area contributed by atoms with Gasteiger partial charge in [-0.25, -0.2) is 0 Å². The standard InChI is InChI=1S/C21H26N4O4/c1-15-5-9-25(23-15)10-6-19(26)24-11-7-21(8-12-24)14-22-20(27)17-4-3-16(28-2)13-18(17)29-21/h3-5,9,13H,6-8,10-12,14H2,1-2H3,(H,22,27). The van der Waals surface area contributed by atoms with Gasteiger partial charge in [0.2, 0.25) is 5.91 Å². The fraction of sp³-hybridized carbons (Fsp3) is 0.476. The summed E-state index contributed by atoms with van der Waals surface area (Å²) in [5.41, 5.74) is 0.945. The normalized spacial score (nSPS) is 17.9. The van der Waals surface area contributed by atoms with E-state index >= 15 is 0 Å². The van der Waals surface area contributed by atoms with E-state index in [1.54, 1.807) is 30.0 Å². The number of methoxy groups -OCH3 is 1. The molecule has 1 fully saturated rings. The average Bonchev–Trinajstić information content (AvgIpc) is 3.10. The minimum Gasteiger partial charge on any atom is -0.497 e. The summed E-state index contributed by atoms with van der Waals surface area (Å²) in [4.78, 5) is 26.9. The van der Waals surface area contributed by atoms with Gasteiger partial charge in [-0.05, 0) is 25.1 Å². The third kappa shape index (κ3) is 4.06. The number of fused-ring (bicyclic) bond motifs is 1. The average molecular weight is 398 g/mol. The van der Waals surface area contributed by atoms with Gasteiger partial charge in [0.25, 0.3) is 5.91 Å². The molecule has 2 aliphatic heterocycles. The van der Waals surface area contributed by atoms with Gasteiger partial charge < -0.3 is 19.7 Å². The van der Waals surface area contributed by atoms with Crippen LogP contribution in [0.2, 0.25) is 0 Å². The molecule has 29 heavy (non-hydrogen) atoms. The summed E-state index contributed by atoms with van der Waals surface area (Å²) in [5.74, 6) is 1.16. The molecule has 1 N–H and O–H groups in total. The van der Waals surface area contributed by atoms with Crippen molar-refractivity contribution in [3.63, 3.8) is 0 Å². The highest BCUT2D eigenvalue weighted by atomic mass is 16.5. The first-order valence-electron chi connectivity index (χ1n) is 9.91. The topological polar surface area (TPSA) is 85.7 Å². The molecule has 0 saturated carbocycles. The van der Waals surface area contributed by atoms with Crippen LogP contribution in [0.25, 0.3) is 0 Å². The number of likely N-dealkylation sites (tertiary alicyclic amines) is 1. The highest BCUT2D eigenvalue weighted by Crippen LogP contribution is 2.35. The molecule has 2 aliphatic rings. The summed E-state index contributed by atoms with van der Waals surface area (Å²) in [6.07, 6.45) is 3.64. The minimum atomic E-state index is -0.511. The van der Waals surface area contributed by atoms with Gasteiger partial charge in [0.1, 0.15) is 17.1 Å². The van der Waals surface area contributed by atoms with Crippen LogP contribution >= 0.6 is 0 Å². The summed E-state index contributed by atoms with van der Waals surface area (Å²) in [7, 11) is 1.59. The maximum absolute atomic E-state index is 12.6. The minimum absolute atomic E-state index is 0.118. The summed E-state index contributed by atoms with van der Waals surface area (Å²) in [5, 5.41) is 7.30. The number of benzene rings is 1. The Morgan fingerprint density at radius 2 is 2.10 bits per heavy atom. The third-order valence-electron chi connectivity index (χ3n) is 5.69. The Labute approximate surface area is 169 Å². The van der Waals surface area contributed by atoms with Crippen molar-refractivity contribution in [1.82, 2.24) is 20.0 Å². The molecule has 0 bridgehead atoms. The maximum atomic E-state index is 12.6. The molecule has 0 radical (unpaired) electrons. The van der Waals surface area contributed by atoms with Crippen LogP contribution in [-0.4, -0.2) is 58.8 Å². The Kier molecular flexibility index (Phi) is 5.17. The Hall–Kier alpha value is -3.03. The van der Waals surface area contributed by atoms with Crippen molar-refractivity contribution in [2.24, 2.45) is 0 Å². The molecule has 0 aliphatic carbocycles. The smallest absolute Gasteiger partial charge is 0.255 e. The van der Waals surface area contributed by atoms with Crippen LogP contribution < -0.4 is 14.8 Å². The Balaban J connectivity index is 1.39. The number of hydrogen-bond acceptors (Lipinski definition) is 5. The summed E-state index contributed by atoms with van der Waals surface area (Å²) in [6.45, 7) is 4.14. The Bertz CT molecular complexity index is 915. The molecule has 8 nitrogen and oxygen atoms in total. The van der Waals surface area contributed by atoms with Crippen LogP contribution in [0.4, 0.5) is 0 Å². The number of piperidine rings is 1. The van der Waals surface area contributed by atoms with Crippen molar-refractivity contribution in [3.05, 3.63) is 41.7 Å². The van der Waals surface area contributed by atoms with Gasteiger partial charge in [-0.15, -0.1) is 0 Å². The number of carbonyl (C=O) groups is 2. The molecule has 2 aromatic rings. The molecule has 1 saturated heterocycles. The molecule has 1 spiro atoms. The summed E-state index contributed by atoms with van der Waals surface area (Å²) in [6, 6.07) is 7.16. The summed E-state index contributed by atoms with van der Waals surface area (Å²) < 4.78 is 13.4. The van der Waals surface area contributed by atoms with E-state index in [0.29, 0.717) is 62.5 Å². The highest BCUT2D eigenvalue weighted by Gasteiger charge is 2.41. The number of hydrogen-bond donors (Lipinski definition) is 1. The van der Waals surface area contributed by atoms with Crippen LogP contribution in [0, 0.1) is 6.92 Å². The molecule has 1 aromatic carbocycles. The zero-order valence-electron chi connectivity index (χ0n) is 16.8. The van der Waals surface area contributed by atoms with Crippen molar-refractivity contribution in [2.45, 2.75) is 38.3 Å². The zero-order valence-corrected chi connectivity index (χ0v) is 16.8. The zero-order chi connectivity index (χ0) is 20.4. The van der Waals surface area contributed by atoms with Crippen LogP contribution in [-0.2, 0) is 11.3 Å². The van der Waals surface area contributed by atoms with Crippen LogP contribution in [0.5, 0.6) is 11.5 Å². The molecule has 0 unspecified atom stereocenters. The fourth-order valence-corrected chi connectivity index (χ4v) is 3.91. The largest absolute Gasteiger partial charge is 0.497 e.